The van der Waals surface area contributed by atoms with Gasteiger partial charge in [0.1, 0.15) is 6.10 Å². The molecule has 0 radical (unpaired) electrons. The number of nitrogens with zero attached hydrogens (tertiary/aromatic N) is 3. The Bertz CT molecular complexity index is 1090. The third-order valence-electron chi connectivity index (χ3n) is 5.86. The van der Waals surface area contributed by atoms with E-state index in [-0.39, 0.29) is 18.4 Å². The normalized spacial score (nSPS) is 21.1. The predicted molar refractivity (Wildman–Crippen MR) is 117 cm³/mol. The van der Waals surface area contributed by atoms with E-state index in [0.29, 0.717) is 27.9 Å². The molecule has 31 heavy (non-hydrogen) atoms. The summed E-state index contributed by atoms with van der Waals surface area (Å²) in [5, 5.41) is 9.39. The number of nitrogens with one attached hydrogen (secondary N) is 1. The maximum absolute atomic E-state index is 10.8. The first-order chi connectivity index (χ1) is 15.0. The van der Waals surface area contributed by atoms with Gasteiger partial charge < -0.3 is 24.5 Å². The van der Waals surface area contributed by atoms with E-state index in [4.69, 9.17) is 26.2 Å². The number of ether oxygens (including phenoxy) is 2. The number of hydrogen-bond donors (Lipinski definition) is 2. The van der Waals surface area contributed by atoms with Crippen LogP contribution >= 0.6 is 11.6 Å². The van der Waals surface area contributed by atoms with Crippen molar-refractivity contribution >= 4 is 34.4 Å². The maximum atomic E-state index is 10.8. The van der Waals surface area contributed by atoms with Crippen LogP contribution in [0.5, 0.6) is 6.01 Å². The average molecular weight is 443 g/mol. The second-order valence-corrected chi connectivity index (χ2v) is 8.46. The minimum absolute atomic E-state index is 0.0208. The van der Waals surface area contributed by atoms with Gasteiger partial charge in [-0.15, -0.1) is 0 Å². The van der Waals surface area contributed by atoms with Crippen LogP contribution in [0.2, 0.25) is 5.02 Å². The summed E-state index contributed by atoms with van der Waals surface area (Å²) in [5.41, 5.74) is 3.99. The van der Waals surface area contributed by atoms with Crippen molar-refractivity contribution in [3.8, 4) is 17.3 Å². The van der Waals surface area contributed by atoms with Crippen molar-refractivity contribution in [2.75, 3.05) is 31.2 Å². The molecule has 9 heteroatoms. The van der Waals surface area contributed by atoms with E-state index < -0.39 is 5.97 Å². The number of aromatic amines is 1. The number of H-pyrrole nitrogens is 1. The second kappa shape index (κ2) is 8.36. The number of carbonyl (C=O) groups is 1. The van der Waals surface area contributed by atoms with Gasteiger partial charge in [0.15, 0.2) is 5.65 Å². The summed E-state index contributed by atoms with van der Waals surface area (Å²) >= 11 is 6.51. The molecule has 1 aromatic carbocycles. The van der Waals surface area contributed by atoms with Gasteiger partial charge in [-0.25, -0.2) is 4.98 Å². The molecule has 162 valence electrons. The highest BCUT2D eigenvalue weighted by atomic mass is 35.5. The smallest absolute Gasteiger partial charge is 0.303 e. The SMILES string of the molecule is O=C(O)C[C@H]1C[C@H](Oc2nc3nc(-c4ccc(N5CCOCC5)cc4)c(Cl)cc3[nH]2)C1. The van der Waals surface area contributed by atoms with E-state index in [9.17, 15) is 4.79 Å². The highest BCUT2D eigenvalue weighted by molar-refractivity contribution is 6.33. The fraction of sp³-hybridized carbons (Fsp3) is 0.409. The summed E-state index contributed by atoms with van der Waals surface area (Å²) in [6, 6.07) is 10.4. The van der Waals surface area contributed by atoms with Crippen molar-refractivity contribution < 1.29 is 19.4 Å². The summed E-state index contributed by atoms with van der Waals surface area (Å²) in [6.45, 7) is 3.27. The summed E-state index contributed by atoms with van der Waals surface area (Å²) < 4.78 is 11.3. The van der Waals surface area contributed by atoms with Crippen LogP contribution in [-0.2, 0) is 9.53 Å². The number of hydrogen-bond acceptors (Lipinski definition) is 6. The number of morpholine rings is 1. The molecule has 3 aromatic rings. The highest BCUT2D eigenvalue weighted by Gasteiger charge is 2.33. The number of anilines is 1. The number of benzene rings is 1. The van der Waals surface area contributed by atoms with Crippen LogP contribution in [0.1, 0.15) is 19.3 Å². The third-order valence-corrected chi connectivity index (χ3v) is 6.14. The Kier molecular flexibility index (Phi) is 5.41. The molecule has 0 amide bonds. The number of carboxylic acids is 1. The van der Waals surface area contributed by atoms with Gasteiger partial charge in [-0.1, -0.05) is 23.7 Å². The summed E-state index contributed by atoms with van der Waals surface area (Å²) in [5.74, 6) is -0.594. The average Bonchev–Trinajstić information content (AvgIpc) is 3.13. The van der Waals surface area contributed by atoms with Gasteiger partial charge in [-0.05, 0) is 37.0 Å². The van der Waals surface area contributed by atoms with Crippen LogP contribution in [-0.4, -0.2) is 58.4 Å². The molecule has 1 aliphatic heterocycles. The zero-order chi connectivity index (χ0) is 21.4. The lowest BCUT2D eigenvalue weighted by atomic mass is 9.80. The highest BCUT2D eigenvalue weighted by Crippen LogP contribution is 2.34. The lowest BCUT2D eigenvalue weighted by Crippen LogP contribution is -2.36. The first-order valence-electron chi connectivity index (χ1n) is 10.4. The molecule has 1 saturated heterocycles. The predicted octanol–water partition coefficient (Wildman–Crippen LogP) is 3.75. The minimum Gasteiger partial charge on any atom is -0.481 e. The summed E-state index contributed by atoms with van der Waals surface area (Å²) in [4.78, 5) is 25.3. The molecular weight excluding hydrogens is 420 g/mol. The first-order valence-corrected chi connectivity index (χ1v) is 10.8. The molecule has 1 aliphatic carbocycles. The number of carboxylic acid groups (broad SMARTS) is 1. The Morgan fingerprint density at radius 1 is 1.23 bits per heavy atom. The van der Waals surface area contributed by atoms with Gasteiger partial charge in [0, 0.05) is 30.8 Å². The van der Waals surface area contributed by atoms with Gasteiger partial charge >= 0.3 is 5.97 Å². The number of fused-ring (bicyclic) bond motifs is 1. The number of halogens is 1. The molecule has 5 rings (SSSR count). The number of aliphatic carboxylic acids is 1. The van der Waals surface area contributed by atoms with Crippen molar-refractivity contribution in [1.82, 2.24) is 15.0 Å². The Labute approximate surface area is 184 Å². The topological polar surface area (TPSA) is 101 Å². The Morgan fingerprint density at radius 3 is 2.68 bits per heavy atom. The number of pyridine rings is 1. The van der Waals surface area contributed by atoms with Crippen LogP contribution in [0.25, 0.3) is 22.4 Å². The minimum atomic E-state index is -0.767. The number of imidazole rings is 1. The Hall–Kier alpha value is -2.84. The number of rotatable bonds is 6. The standard InChI is InChI=1S/C22H23ClN4O4/c23-17-12-18-21(26-22(24-18)31-16-9-13(10-16)11-19(28)29)25-20(17)14-1-3-15(4-2-14)27-5-7-30-8-6-27/h1-4,12-13,16H,5-11H2,(H,28,29)(H,24,25,26)/t13-,16-. The lowest BCUT2D eigenvalue weighted by Gasteiger charge is -2.33. The van der Waals surface area contributed by atoms with E-state index in [2.05, 4.69) is 32.0 Å². The zero-order valence-electron chi connectivity index (χ0n) is 16.9. The third kappa shape index (κ3) is 4.31. The van der Waals surface area contributed by atoms with E-state index in [0.717, 1.165) is 50.4 Å². The van der Waals surface area contributed by atoms with E-state index in [1.807, 2.05) is 18.2 Å². The van der Waals surface area contributed by atoms with Crippen molar-refractivity contribution in [3.05, 3.63) is 35.4 Å². The van der Waals surface area contributed by atoms with Gasteiger partial charge in [0.2, 0.25) is 0 Å². The van der Waals surface area contributed by atoms with Crippen LogP contribution < -0.4 is 9.64 Å². The second-order valence-electron chi connectivity index (χ2n) is 8.05. The molecule has 0 unspecified atom stereocenters. The molecule has 2 N–H and O–H groups in total. The molecule has 3 heterocycles. The van der Waals surface area contributed by atoms with Crippen LogP contribution in [0.3, 0.4) is 0 Å². The molecule has 8 nitrogen and oxygen atoms in total. The Morgan fingerprint density at radius 2 is 1.97 bits per heavy atom. The first kappa shape index (κ1) is 20.1. The Balaban J connectivity index is 1.31. The number of aromatic nitrogens is 3. The quantitative estimate of drug-likeness (QED) is 0.599. The molecule has 2 fully saturated rings. The van der Waals surface area contributed by atoms with Crippen LogP contribution in [0.15, 0.2) is 30.3 Å². The van der Waals surface area contributed by atoms with Gasteiger partial charge in [-0.3, -0.25) is 4.79 Å². The van der Waals surface area contributed by atoms with Gasteiger partial charge in [-0.2, -0.15) is 4.98 Å². The molecule has 1 saturated carbocycles. The molecule has 0 spiro atoms. The van der Waals surface area contributed by atoms with Crippen molar-refractivity contribution in [2.45, 2.75) is 25.4 Å². The van der Waals surface area contributed by atoms with E-state index >= 15 is 0 Å². The van der Waals surface area contributed by atoms with Crippen molar-refractivity contribution in [1.29, 1.82) is 0 Å². The van der Waals surface area contributed by atoms with E-state index in [1.54, 1.807) is 0 Å². The molecular formula is C22H23ClN4O4. The summed E-state index contributed by atoms with van der Waals surface area (Å²) in [7, 11) is 0. The zero-order valence-corrected chi connectivity index (χ0v) is 17.6. The fourth-order valence-electron chi connectivity index (χ4n) is 4.15. The molecule has 0 bridgehead atoms. The van der Waals surface area contributed by atoms with E-state index in [1.165, 1.54) is 0 Å². The van der Waals surface area contributed by atoms with Gasteiger partial charge in [0.25, 0.3) is 6.01 Å². The van der Waals surface area contributed by atoms with Crippen LogP contribution in [0, 0.1) is 5.92 Å². The molecule has 0 atom stereocenters. The fourth-order valence-corrected chi connectivity index (χ4v) is 4.41. The van der Waals surface area contributed by atoms with Crippen molar-refractivity contribution in [3.63, 3.8) is 0 Å². The molecule has 2 aliphatic rings. The largest absolute Gasteiger partial charge is 0.481 e. The monoisotopic (exact) mass is 442 g/mol. The summed E-state index contributed by atoms with van der Waals surface area (Å²) in [6.07, 6.45) is 1.61. The molecule has 2 aromatic heterocycles. The maximum Gasteiger partial charge on any atom is 0.303 e. The van der Waals surface area contributed by atoms with Gasteiger partial charge in [0.05, 0.1) is 29.4 Å². The lowest BCUT2D eigenvalue weighted by molar-refractivity contribution is -0.139. The van der Waals surface area contributed by atoms with Crippen molar-refractivity contribution in [2.24, 2.45) is 5.92 Å². The van der Waals surface area contributed by atoms with Crippen LogP contribution in [0.4, 0.5) is 5.69 Å².